The second-order valence-electron chi connectivity index (χ2n) is 5.53. The first-order valence-corrected chi connectivity index (χ1v) is 8.97. The second-order valence-corrected chi connectivity index (χ2v) is 8.71. The SMILES string of the molecule is CC(C)(C)N(CCS(C)(=O)=O)C(=O)c1sccc1C#N. The highest BCUT2D eigenvalue weighted by molar-refractivity contribution is 7.90. The molecule has 7 heteroatoms. The highest BCUT2D eigenvalue weighted by atomic mass is 32.2. The number of thiophene rings is 1. The zero-order valence-corrected chi connectivity index (χ0v) is 13.6. The van der Waals surface area contributed by atoms with E-state index in [1.165, 1.54) is 16.2 Å². The van der Waals surface area contributed by atoms with Gasteiger partial charge in [-0.15, -0.1) is 11.3 Å². The van der Waals surface area contributed by atoms with Crippen LogP contribution in [0.2, 0.25) is 0 Å². The number of hydrogen-bond acceptors (Lipinski definition) is 5. The van der Waals surface area contributed by atoms with Crippen molar-refractivity contribution in [1.29, 1.82) is 5.26 Å². The highest BCUT2D eigenvalue weighted by Crippen LogP contribution is 2.23. The van der Waals surface area contributed by atoms with E-state index in [0.717, 1.165) is 6.26 Å². The van der Waals surface area contributed by atoms with Crippen LogP contribution in [-0.4, -0.2) is 43.3 Å². The lowest BCUT2D eigenvalue weighted by molar-refractivity contribution is 0.0606. The van der Waals surface area contributed by atoms with Gasteiger partial charge in [0.1, 0.15) is 20.8 Å². The van der Waals surface area contributed by atoms with Gasteiger partial charge in [0.15, 0.2) is 0 Å². The smallest absolute Gasteiger partial charge is 0.265 e. The fourth-order valence-electron chi connectivity index (χ4n) is 1.68. The van der Waals surface area contributed by atoms with E-state index >= 15 is 0 Å². The summed E-state index contributed by atoms with van der Waals surface area (Å²) in [6.07, 6.45) is 1.14. The number of nitriles is 1. The molecule has 0 bridgehead atoms. The van der Waals surface area contributed by atoms with Crippen LogP contribution in [0.1, 0.15) is 36.0 Å². The minimum absolute atomic E-state index is 0.0940. The largest absolute Gasteiger partial charge is 0.332 e. The molecule has 1 aromatic rings. The first kappa shape index (κ1) is 16.7. The molecule has 20 heavy (non-hydrogen) atoms. The molecule has 0 aliphatic rings. The molecule has 0 unspecified atom stereocenters. The molecule has 0 radical (unpaired) electrons. The zero-order chi connectivity index (χ0) is 15.6. The standard InChI is InChI=1S/C13H18N2O3S2/c1-13(2,3)15(6-8-20(4,17)18)12(16)11-10(9-14)5-7-19-11/h5,7H,6,8H2,1-4H3. The summed E-state index contributed by atoms with van der Waals surface area (Å²) in [5.74, 6) is -0.392. The van der Waals surface area contributed by atoms with Crippen LogP contribution in [0.5, 0.6) is 0 Å². The van der Waals surface area contributed by atoms with Crippen molar-refractivity contribution in [1.82, 2.24) is 4.90 Å². The third kappa shape index (κ3) is 4.32. The second kappa shape index (κ2) is 5.94. The molecule has 110 valence electrons. The van der Waals surface area contributed by atoms with E-state index in [-0.39, 0.29) is 18.2 Å². The van der Waals surface area contributed by atoms with Crippen molar-refractivity contribution in [3.8, 4) is 6.07 Å². The molecule has 0 N–H and O–H groups in total. The van der Waals surface area contributed by atoms with Gasteiger partial charge in [0.05, 0.1) is 11.3 Å². The Morgan fingerprint density at radius 2 is 2.05 bits per heavy atom. The van der Waals surface area contributed by atoms with Crippen molar-refractivity contribution in [3.05, 3.63) is 21.9 Å². The number of hydrogen-bond donors (Lipinski definition) is 0. The van der Waals surface area contributed by atoms with E-state index < -0.39 is 15.4 Å². The van der Waals surface area contributed by atoms with Gasteiger partial charge >= 0.3 is 0 Å². The van der Waals surface area contributed by atoms with Gasteiger partial charge < -0.3 is 4.90 Å². The molecule has 1 heterocycles. The summed E-state index contributed by atoms with van der Waals surface area (Å²) in [6.45, 7) is 5.64. The van der Waals surface area contributed by atoms with Crippen molar-refractivity contribution in [2.24, 2.45) is 0 Å². The molecule has 0 spiro atoms. The Morgan fingerprint density at radius 1 is 1.45 bits per heavy atom. The molecule has 0 atom stereocenters. The average molecular weight is 314 g/mol. The van der Waals surface area contributed by atoms with Crippen molar-refractivity contribution >= 4 is 27.1 Å². The monoisotopic (exact) mass is 314 g/mol. The minimum Gasteiger partial charge on any atom is -0.332 e. The normalized spacial score (nSPS) is 11.9. The Morgan fingerprint density at radius 3 is 2.50 bits per heavy atom. The number of carbonyl (C=O) groups excluding carboxylic acids is 1. The van der Waals surface area contributed by atoms with Crippen LogP contribution < -0.4 is 0 Å². The lowest BCUT2D eigenvalue weighted by Crippen LogP contribution is -2.47. The topological polar surface area (TPSA) is 78.2 Å². The summed E-state index contributed by atoms with van der Waals surface area (Å²) < 4.78 is 22.6. The van der Waals surface area contributed by atoms with Crippen molar-refractivity contribution < 1.29 is 13.2 Å². The Kier molecular flexibility index (Phi) is 4.95. The maximum atomic E-state index is 12.5. The van der Waals surface area contributed by atoms with Crippen LogP contribution in [0.15, 0.2) is 11.4 Å². The van der Waals surface area contributed by atoms with E-state index in [9.17, 15) is 13.2 Å². The number of sulfone groups is 1. The van der Waals surface area contributed by atoms with Crippen LogP contribution in [-0.2, 0) is 9.84 Å². The molecular formula is C13H18N2O3S2. The van der Waals surface area contributed by atoms with Gasteiger partial charge in [-0.3, -0.25) is 4.79 Å². The molecule has 0 saturated carbocycles. The van der Waals surface area contributed by atoms with Gasteiger partial charge in [0.2, 0.25) is 0 Å². The Balaban J connectivity index is 3.07. The maximum absolute atomic E-state index is 12.5. The zero-order valence-electron chi connectivity index (χ0n) is 12.0. The molecule has 1 rings (SSSR count). The Bertz CT molecular complexity index is 633. The summed E-state index contributed by atoms with van der Waals surface area (Å²) in [4.78, 5) is 14.4. The molecule has 0 aromatic carbocycles. The number of nitrogens with zero attached hydrogens (tertiary/aromatic N) is 2. The average Bonchev–Trinajstić information content (AvgIpc) is 2.73. The summed E-state index contributed by atoms with van der Waals surface area (Å²) in [5, 5.41) is 10.7. The lowest BCUT2D eigenvalue weighted by Gasteiger charge is -2.35. The van der Waals surface area contributed by atoms with E-state index in [1.807, 2.05) is 26.8 Å². The lowest BCUT2D eigenvalue weighted by atomic mass is 10.1. The number of amides is 1. The predicted molar refractivity (Wildman–Crippen MR) is 79.5 cm³/mol. The van der Waals surface area contributed by atoms with E-state index in [1.54, 1.807) is 11.4 Å². The molecule has 0 saturated heterocycles. The quantitative estimate of drug-likeness (QED) is 0.850. The maximum Gasteiger partial charge on any atom is 0.265 e. The van der Waals surface area contributed by atoms with Crippen molar-refractivity contribution in [2.45, 2.75) is 26.3 Å². The fraction of sp³-hybridized carbons (Fsp3) is 0.538. The molecule has 0 aliphatic carbocycles. The Hall–Kier alpha value is -1.39. The minimum atomic E-state index is -3.15. The molecule has 0 fully saturated rings. The van der Waals surface area contributed by atoms with Crippen molar-refractivity contribution in [3.63, 3.8) is 0 Å². The van der Waals surface area contributed by atoms with Gasteiger partial charge in [-0.2, -0.15) is 5.26 Å². The predicted octanol–water partition coefficient (Wildman–Crippen LogP) is 1.91. The van der Waals surface area contributed by atoms with Gasteiger partial charge in [-0.25, -0.2) is 8.42 Å². The molecule has 1 aromatic heterocycles. The van der Waals surface area contributed by atoms with Gasteiger partial charge in [-0.05, 0) is 32.2 Å². The van der Waals surface area contributed by atoms with E-state index in [2.05, 4.69) is 0 Å². The summed E-state index contributed by atoms with van der Waals surface area (Å²) in [7, 11) is -3.15. The van der Waals surface area contributed by atoms with E-state index in [4.69, 9.17) is 5.26 Å². The van der Waals surface area contributed by atoms with Crippen LogP contribution >= 0.6 is 11.3 Å². The van der Waals surface area contributed by atoms with Gasteiger partial charge in [0, 0.05) is 18.3 Å². The summed E-state index contributed by atoms with van der Waals surface area (Å²) >= 11 is 1.20. The summed E-state index contributed by atoms with van der Waals surface area (Å²) in [6, 6.07) is 3.57. The van der Waals surface area contributed by atoms with Crippen LogP contribution in [0, 0.1) is 11.3 Å². The highest BCUT2D eigenvalue weighted by Gasteiger charge is 2.30. The molecule has 0 aliphatic heterocycles. The summed E-state index contributed by atoms with van der Waals surface area (Å²) in [5.41, 5.74) is -0.188. The Labute approximate surface area is 123 Å². The van der Waals surface area contributed by atoms with E-state index in [0.29, 0.717) is 10.4 Å². The van der Waals surface area contributed by atoms with Gasteiger partial charge in [-0.1, -0.05) is 0 Å². The van der Waals surface area contributed by atoms with Crippen molar-refractivity contribution in [2.75, 3.05) is 18.6 Å². The first-order valence-electron chi connectivity index (χ1n) is 6.03. The van der Waals surface area contributed by atoms with Gasteiger partial charge in [0.25, 0.3) is 5.91 Å². The molecular weight excluding hydrogens is 296 g/mol. The third-order valence-corrected chi connectivity index (χ3v) is 4.55. The molecule has 1 amide bonds. The van der Waals surface area contributed by atoms with Crippen LogP contribution in [0.25, 0.3) is 0 Å². The fourth-order valence-corrected chi connectivity index (χ4v) is 2.99. The number of carbonyl (C=O) groups is 1. The first-order chi connectivity index (χ1) is 9.06. The number of rotatable bonds is 4. The van der Waals surface area contributed by atoms with Crippen LogP contribution in [0.3, 0.4) is 0 Å². The molecule has 5 nitrogen and oxygen atoms in total. The third-order valence-electron chi connectivity index (χ3n) is 2.72. The van der Waals surface area contributed by atoms with Crippen LogP contribution in [0.4, 0.5) is 0 Å².